The van der Waals surface area contributed by atoms with Crippen molar-refractivity contribution in [1.29, 1.82) is 0 Å². The average molecular weight is 689 g/mol. The van der Waals surface area contributed by atoms with E-state index < -0.39 is 36.9 Å². The largest absolute Gasteiger partial charge is 0.370 e. The van der Waals surface area contributed by atoms with Gasteiger partial charge in [0.05, 0.1) is 12.6 Å². The van der Waals surface area contributed by atoms with E-state index in [1.54, 1.807) is 18.2 Å². The first kappa shape index (κ1) is 36.0. The van der Waals surface area contributed by atoms with Gasteiger partial charge in [-0.3, -0.25) is 23.7 Å². The third-order valence-corrected chi connectivity index (χ3v) is 10.3. The molecule has 4 amide bonds. The van der Waals surface area contributed by atoms with Crippen LogP contribution in [-0.4, -0.2) is 51.5 Å². The lowest BCUT2D eigenvalue weighted by atomic mass is 9.84. The van der Waals surface area contributed by atoms with E-state index in [1.165, 1.54) is 0 Å². The van der Waals surface area contributed by atoms with Crippen molar-refractivity contribution in [1.82, 2.24) is 16.0 Å². The zero-order valence-corrected chi connectivity index (χ0v) is 28.4. The molecule has 0 saturated carbocycles. The molecule has 2 aliphatic rings. The van der Waals surface area contributed by atoms with E-state index in [-0.39, 0.29) is 36.7 Å². The van der Waals surface area contributed by atoms with Gasteiger partial charge in [-0.05, 0) is 77.8 Å². The van der Waals surface area contributed by atoms with Crippen molar-refractivity contribution in [2.45, 2.75) is 81.4 Å². The number of fused-ring (bicyclic) bond motifs is 1. The standard InChI is InChI=1S/C37H45N4O7P/c38-33(42)22-32-35(44)39-23-26(20-30-12-7-10-28-9-2-3-13-31(28)30)8-6-11-29(27-16-14-25(15-17-27)24-49(46,47)48)21-34(43)41-37(36(45)40-32)18-4-1-5-19-37/h2-4,7,9-10,12-18,26,29,32H,1,5-6,8,11,19-24H2,(H2,38,42)(H,39,44)(H,40,45)(H,41,43)(H2,46,47,48). The number of primary amides is 1. The highest BCUT2D eigenvalue weighted by Gasteiger charge is 2.41. The van der Waals surface area contributed by atoms with Gasteiger partial charge in [-0.15, -0.1) is 0 Å². The Morgan fingerprint density at radius 1 is 0.959 bits per heavy atom. The monoisotopic (exact) mass is 688 g/mol. The van der Waals surface area contributed by atoms with Crippen molar-refractivity contribution in [3.8, 4) is 0 Å². The molecule has 12 heteroatoms. The smallest absolute Gasteiger partial charge is 0.329 e. The van der Waals surface area contributed by atoms with Gasteiger partial charge in [-0.2, -0.15) is 0 Å². The van der Waals surface area contributed by atoms with Gasteiger partial charge >= 0.3 is 7.60 Å². The second-order valence-electron chi connectivity index (χ2n) is 13.4. The Morgan fingerprint density at radius 2 is 1.71 bits per heavy atom. The van der Waals surface area contributed by atoms with Crippen LogP contribution in [0.2, 0.25) is 0 Å². The van der Waals surface area contributed by atoms with Crippen LogP contribution in [0.4, 0.5) is 0 Å². The molecule has 49 heavy (non-hydrogen) atoms. The Bertz CT molecular complexity index is 1750. The Kier molecular flexibility index (Phi) is 11.7. The summed E-state index contributed by atoms with van der Waals surface area (Å²) in [5.74, 6) is -2.42. The maximum Gasteiger partial charge on any atom is 0.329 e. The second kappa shape index (κ2) is 15.9. The predicted molar refractivity (Wildman–Crippen MR) is 187 cm³/mol. The first-order chi connectivity index (χ1) is 23.4. The lowest BCUT2D eigenvalue weighted by Crippen LogP contribution is -2.62. The van der Waals surface area contributed by atoms with Crippen LogP contribution in [0.1, 0.15) is 74.0 Å². The van der Waals surface area contributed by atoms with E-state index in [1.807, 2.05) is 36.4 Å². The van der Waals surface area contributed by atoms with Gasteiger partial charge in [0.1, 0.15) is 11.6 Å². The van der Waals surface area contributed by atoms with E-state index >= 15 is 0 Å². The average Bonchev–Trinajstić information content (AvgIpc) is 3.06. The van der Waals surface area contributed by atoms with E-state index in [9.17, 15) is 33.5 Å². The molecule has 1 spiro atoms. The molecule has 1 saturated heterocycles. The number of carbonyl (C=O) groups is 4. The first-order valence-corrected chi connectivity index (χ1v) is 18.7. The summed E-state index contributed by atoms with van der Waals surface area (Å²) in [7, 11) is -4.25. The summed E-state index contributed by atoms with van der Waals surface area (Å²) in [4.78, 5) is 72.1. The SMILES string of the molecule is NC(=O)CC1NC(=O)C2(C=CCCC2)NC(=O)CC(c2ccc(CP(=O)(O)O)cc2)CCCC(Cc2cccc3ccccc23)CNC1=O. The zero-order valence-electron chi connectivity index (χ0n) is 27.5. The minimum absolute atomic E-state index is 0.00228. The Balaban J connectivity index is 1.46. The predicted octanol–water partition coefficient (Wildman–Crippen LogP) is 4.11. The van der Waals surface area contributed by atoms with Crippen molar-refractivity contribution < 1.29 is 33.5 Å². The molecule has 5 rings (SSSR count). The lowest BCUT2D eigenvalue weighted by molar-refractivity contribution is -0.136. The fourth-order valence-corrected chi connectivity index (χ4v) is 7.72. The topological polar surface area (TPSA) is 188 Å². The molecule has 4 unspecified atom stereocenters. The third-order valence-electron chi connectivity index (χ3n) is 9.53. The molecule has 1 aliphatic carbocycles. The van der Waals surface area contributed by atoms with Crippen molar-refractivity contribution in [2.75, 3.05) is 6.54 Å². The molecule has 0 radical (unpaired) electrons. The molecule has 1 aliphatic heterocycles. The fraction of sp³-hybridized carbons (Fsp3) is 0.405. The van der Waals surface area contributed by atoms with Gasteiger partial charge in [0.15, 0.2) is 0 Å². The Labute approximate surface area is 286 Å². The van der Waals surface area contributed by atoms with Crippen LogP contribution in [0.25, 0.3) is 10.8 Å². The Morgan fingerprint density at radius 3 is 2.43 bits per heavy atom. The van der Waals surface area contributed by atoms with Crippen LogP contribution in [0.3, 0.4) is 0 Å². The summed E-state index contributed by atoms with van der Waals surface area (Å²) in [6.45, 7) is 0.303. The van der Waals surface area contributed by atoms with E-state index in [0.29, 0.717) is 37.8 Å². The van der Waals surface area contributed by atoms with Crippen LogP contribution in [0.15, 0.2) is 78.9 Å². The summed E-state index contributed by atoms with van der Waals surface area (Å²) < 4.78 is 11.6. The first-order valence-electron chi connectivity index (χ1n) is 16.9. The van der Waals surface area contributed by atoms with Gasteiger partial charge in [0, 0.05) is 13.0 Å². The summed E-state index contributed by atoms with van der Waals surface area (Å²) in [5, 5.41) is 10.9. The van der Waals surface area contributed by atoms with E-state index in [0.717, 1.165) is 41.2 Å². The minimum atomic E-state index is -4.25. The number of allylic oxidation sites excluding steroid dienone is 1. The molecule has 1 fully saturated rings. The normalized spacial score (nSPS) is 24.4. The molecule has 0 aromatic heterocycles. The number of carbonyl (C=O) groups excluding carboxylic acids is 4. The lowest BCUT2D eigenvalue weighted by Gasteiger charge is -2.34. The van der Waals surface area contributed by atoms with Crippen molar-refractivity contribution in [2.24, 2.45) is 11.7 Å². The van der Waals surface area contributed by atoms with Gasteiger partial charge < -0.3 is 31.5 Å². The molecular weight excluding hydrogens is 643 g/mol. The van der Waals surface area contributed by atoms with Gasteiger partial charge in [-0.25, -0.2) is 0 Å². The van der Waals surface area contributed by atoms with Gasteiger partial charge in [-0.1, -0.05) is 85.3 Å². The summed E-state index contributed by atoms with van der Waals surface area (Å²) >= 11 is 0. The number of rotatable bonds is 7. The van der Waals surface area contributed by atoms with Crippen molar-refractivity contribution >= 4 is 42.0 Å². The summed E-state index contributed by atoms with van der Waals surface area (Å²) in [6, 6.07) is 20.0. The van der Waals surface area contributed by atoms with Crippen molar-refractivity contribution in [3.05, 3.63) is 95.6 Å². The van der Waals surface area contributed by atoms with E-state index in [2.05, 4.69) is 40.2 Å². The maximum absolute atomic E-state index is 13.9. The summed E-state index contributed by atoms with van der Waals surface area (Å²) in [5.41, 5.74) is 6.59. The van der Waals surface area contributed by atoms with Crippen LogP contribution >= 0.6 is 7.60 Å². The van der Waals surface area contributed by atoms with Crippen molar-refractivity contribution in [3.63, 3.8) is 0 Å². The van der Waals surface area contributed by atoms with Gasteiger partial charge in [0.2, 0.25) is 23.6 Å². The maximum atomic E-state index is 13.9. The van der Waals surface area contributed by atoms with E-state index in [4.69, 9.17) is 5.73 Å². The summed E-state index contributed by atoms with van der Waals surface area (Å²) in [6.07, 6.45) is 7.24. The van der Waals surface area contributed by atoms with Gasteiger partial charge in [0.25, 0.3) is 0 Å². The highest BCUT2D eigenvalue weighted by atomic mass is 31.2. The fourth-order valence-electron chi connectivity index (χ4n) is 7.04. The number of hydrogen-bond acceptors (Lipinski definition) is 5. The number of nitrogens with one attached hydrogen (secondary N) is 3. The molecular formula is C37H45N4O7P. The molecule has 3 aromatic rings. The van der Waals surface area contributed by atoms with Crippen LogP contribution < -0.4 is 21.7 Å². The number of nitrogens with two attached hydrogens (primary N) is 1. The quantitative estimate of drug-likeness (QED) is 0.159. The van der Waals surface area contributed by atoms with Crippen LogP contribution in [0, 0.1) is 5.92 Å². The number of amides is 4. The van der Waals surface area contributed by atoms with Crippen LogP contribution in [0.5, 0.6) is 0 Å². The molecule has 3 aromatic carbocycles. The van der Waals surface area contributed by atoms with Crippen LogP contribution in [-0.2, 0) is 36.3 Å². The third kappa shape index (κ3) is 9.88. The highest BCUT2D eigenvalue weighted by molar-refractivity contribution is 7.50. The molecule has 1 heterocycles. The zero-order chi connectivity index (χ0) is 35.0. The second-order valence-corrected chi connectivity index (χ2v) is 15.0. The Hall–Kier alpha value is -4.31. The highest BCUT2D eigenvalue weighted by Crippen LogP contribution is 2.39. The molecule has 7 N–H and O–H groups in total. The molecule has 4 atom stereocenters. The molecule has 0 bridgehead atoms. The molecule has 11 nitrogen and oxygen atoms in total. The number of hydrogen-bond donors (Lipinski definition) is 6. The molecule has 260 valence electrons. The minimum Gasteiger partial charge on any atom is -0.370 e. The number of benzene rings is 3.